The summed E-state index contributed by atoms with van der Waals surface area (Å²) in [5.41, 5.74) is 1.39. The van der Waals surface area contributed by atoms with Gasteiger partial charge in [0.25, 0.3) is 5.91 Å². The first-order valence-corrected chi connectivity index (χ1v) is 8.10. The van der Waals surface area contributed by atoms with Gasteiger partial charge in [0.05, 0.1) is 7.11 Å². The van der Waals surface area contributed by atoms with Gasteiger partial charge in [-0.25, -0.2) is 0 Å². The molecule has 0 fully saturated rings. The van der Waals surface area contributed by atoms with Crippen LogP contribution in [0, 0.1) is 0 Å². The first kappa shape index (κ1) is 17.7. The Morgan fingerprint density at radius 2 is 2.00 bits per heavy atom. The number of carbonyl (C=O) groups is 1. The number of nitrogens with zero attached hydrogens (tertiary/aromatic N) is 3. The minimum absolute atomic E-state index is 0.104. The average Bonchev–Trinajstić information content (AvgIpc) is 2.64. The van der Waals surface area contributed by atoms with Crippen LogP contribution < -0.4 is 10.1 Å². The van der Waals surface area contributed by atoms with Crippen molar-refractivity contribution in [3.05, 3.63) is 47.7 Å². The molecule has 1 aromatic carbocycles. The molecule has 0 radical (unpaired) electrons. The van der Waals surface area contributed by atoms with Crippen LogP contribution in [0.1, 0.15) is 35.8 Å². The Morgan fingerprint density at radius 1 is 1.21 bits per heavy atom. The average molecular weight is 328 g/mol. The summed E-state index contributed by atoms with van der Waals surface area (Å²) < 4.78 is 5.32. The lowest BCUT2D eigenvalue weighted by atomic mass is 10.2. The highest BCUT2D eigenvalue weighted by Crippen LogP contribution is 2.18. The Balaban J connectivity index is 1.95. The number of carbonyl (C=O) groups excluding carboxylic acids is 1. The van der Waals surface area contributed by atoms with Gasteiger partial charge in [-0.2, -0.15) is 0 Å². The van der Waals surface area contributed by atoms with Crippen molar-refractivity contribution in [1.82, 2.24) is 15.1 Å². The van der Waals surface area contributed by atoms with E-state index in [0.717, 1.165) is 30.7 Å². The van der Waals surface area contributed by atoms with Gasteiger partial charge >= 0.3 is 0 Å². The first-order chi connectivity index (χ1) is 11.7. The summed E-state index contributed by atoms with van der Waals surface area (Å²) in [6.07, 6.45) is 2.03. The van der Waals surface area contributed by atoms with E-state index < -0.39 is 0 Å². The van der Waals surface area contributed by atoms with E-state index in [1.54, 1.807) is 31.2 Å². The second-order valence-electron chi connectivity index (χ2n) is 5.55. The lowest BCUT2D eigenvalue weighted by Crippen LogP contribution is -2.28. The minimum Gasteiger partial charge on any atom is -0.496 e. The molecule has 0 bridgehead atoms. The van der Waals surface area contributed by atoms with Crippen molar-refractivity contribution < 1.29 is 9.53 Å². The number of hydrogen-bond donors (Lipinski definition) is 1. The second-order valence-corrected chi connectivity index (χ2v) is 5.55. The fraction of sp³-hybridized carbons (Fsp3) is 0.389. The van der Waals surface area contributed by atoms with Gasteiger partial charge in [-0.3, -0.25) is 4.79 Å². The highest BCUT2D eigenvalue weighted by Gasteiger charge is 2.13. The van der Waals surface area contributed by atoms with Gasteiger partial charge in [0.2, 0.25) is 0 Å². The maximum atomic E-state index is 12.2. The maximum absolute atomic E-state index is 12.2. The topological polar surface area (TPSA) is 67.4 Å². The second kappa shape index (κ2) is 8.86. The number of ether oxygens (including phenoxy) is 1. The fourth-order valence-electron chi connectivity index (χ4n) is 2.27. The molecule has 0 spiro atoms. The number of aromatic nitrogens is 2. The van der Waals surface area contributed by atoms with Gasteiger partial charge in [0, 0.05) is 25.7 Å². The highest BCUT2D eigenvalue weighted by molar-refractivity contribution is 5.92. The van der Waals surface area contributed by atoms with Gasteiger partial charge < -0.3 is 15.0 Å². The van der Waals surface area contributed by atoms with Gasteiger partial charge in [0.1, 0.15) is 11.6 Å². The zero-order valence-corrected chi connectivity index (χ0v) is 14.5. The van der Waals surface area contributed by atoms with Crippen LogP contribution in [0.25, 0.3) is 0 Å². The number of para-hydroxylation sites is 1. The molecule has 24 heavy (non-hydrogen) atoms. The van der Waals surface area contributed by atoms with Gasteiger partial charge in [0.15, 0.2) is 5.69 Å². The summed E-state index contributed by atoms with van der Waals surface area (Å²) >= 11 is 0. The molecule has 6 nitrogen and oxygen atoms in total. The molecule has 1 amide bonds. The first-order valence-electron chi connectivity index (χ1n) is 8.10. The van der Waals surface area contributed by atoms with Crippen molar-refractivity contribution in [3.63, 3.8) is 0 Å². The molecule has 0 atom stereocenters. The van der Waals surface area contributed by atoms with Crippen LogP contribution in [0.15, 0.2) is 36.4 Å². The molecule has 6 heteroatoms. The molecule has 2 aromatic rings. The molecule has 0 unspecified atom stereocenters. The monoisotopic (exact) mass is 328 g/mol. The summed E-state index contributed by atoms with van der Waals surface area (Å²) in [5, 5.41) is 11.3. The summed E-state index contributed by atoms with van der Waals surface area (Å²) in [7, 11) is 3.43. The van der Waals surface area contributed by atoms with Crippen LogP contribution in [0.2, 0.25) is 0 Å². The number of anilines is 1. The van der Waals surface area contributed by atoms with Crippen LogP contribution in [-0.4, -0.2) is 41.7 Å². The van der Waals surface area contributed by atoms with Crippen molar-refractivity contribution in [3.8, 4) is 5.75 Å². The molecule has 0 aliphatic heterocycles. The predicted molar refractivity (Wildman–Crippen MR) is 94.2 cm³/mol. The number of unbranched alkanes of at least 4 members (excludes halogenated alkanes) is 1. The molecule has 1 aromatic heterocycles. The number of nitrogens with one attached hydrogen (secondary N) is 1. The van der Waals surface area contributed by atoms with Crippen molar-refractivity contribution in [2.24, 2.45) is 0 Å². The smallest absolute Gasteiger partial charge is 0.274 e. The Labute approximate surface area is 142 Å². The molecule has 1 N–H and O–H groups in total. The quantitative estimate of drug-likeness (QED) is 0.807. The third-order valence-electron chi connectivity index (χ3n) is 3.73. The van der Waals surface area contributed by atoms with E-state index >= 15 is 0 Å². The summed E-state index contributed by atoms with van der Waals surface area (Å²) in [6, 6.07) is 11.2. The molecular weight excluding hydrogens is 304 g/mol. The highest BCUT2D eigenvalue weighted by atomic mass is 16.5. The van der Waals surface area contributed by atoms with Gasteiger partial charge in [-0.15, -0.1) is 10.2 Å². The van der Waals surface area contributed by atoms with E-state index in [0.29, 0.717) is 18.1 Å². The number of benzene rings is 1. The van der Waals surface area contributed by atoms with Crippen LogP contribution in [0.5, 0.6) is 5.75 Å². The van der Waals surface area contributed by atoms with E-state index in [9.17, 15) is 4.79 Å². The molecule has 0 aliphatic carbocycles. The third kappa shape index (κ3) is 4.68. The Kier molecular flexibility index (Phi) is 6.54. The SMILES string of the molecule is CCCCN(C)C(=O)c1ccc(NCc2ccccc2OC)nn1. The van der Waals surface area contributed by atoms with E-state index in [-0.39, 0.29) is 5.91 Å². The fourth-order valence-corrected chi connectivity index (χ4v) is 2.27. The third-order valence-corrected chi connectivity index (χ3v) is 3.73. The number of methoxy groups -OCH3 is 1. The normalized spacial score (nSPS) is 10.3. The van der Waals surface area contributed by atoms with E-state index in [1.807, 2.05) is 24.3 Å². The van der Waals surface area contributed by atoms with Crippen LogP contribution >= 0.6 is 0 Å². The van der Waals surface area contributed by atoms with Gasteiger partial charge in [-0.05, 0) is 24.6 Å². The van der Waals surface area contributed by atoms with E-state index in [4.69, 9.17) is 4.74 Å². The minimum atomic E-state index is -0.104. The molecule has 128 valence electrons. The number of rotatable bonds is 8. The van der Waals surface area contributed by atoms with Gasteiger partial charge in [-0.1, -0.05) is 31.5 Å². The zero-order chi connectivity index (χ0) is 17.4. The van der Waals surface area contributed by atoms with Crippen molar-refractivity contribution >= 4 is 11.7 Å². The molecule has 0 saturated carbocycles. The molecule has 2 rings (SSSR count). The molecular formula is C18H24N4O2. The number of hydrogen-bond acceptors (Lipinski definition) is 5. The van der Waals surface area contributed by atoms with Crippen LogP contribution in [-0.2, 0) is 6.54 Å². The van der Waals surface area contributed by atoms with Crippen LogP contribution in [0.4, 0.5) is 5.82 Å². The Morgan fingerprint density at radius 3 is 2.67 bits per heavy atom. The Bertz CT molecular complexity index is 658. The Hall–Kier alpha value is -2.63. The van der Waals surface area contributed by atoms with Crippen molar-refractivity contribution in [2.45, 2.75) is 26.3 Å². The van der Waals surface area contributed by atoms with Crippen molar-refractivity contribution in [2.75, 3.05) is 26.0 Å². The summed E-state index contributed by atoms with van der Waals surface area (Å²) in [5.74, 6) is 1.34. The van der Waals surface area contributed by atoms with Crippen LogP contribution in [0.3, 0.4) is 0 Å². The predicted octanol–water partition coefficient (Wildman–Crippen LogP) is 2.97. The van der Waals surface area contributed by atoms with E-state index in [1.165, 1.54) is 0 Å². The largest absolute Gasteiger partial charge is 0.496 e. The number of amides is 1. The maximum Gasteiger partial charge on any atom is 0.274 e. The summed E-state index contributed by atoms with van der Waals surface area (Å²) in [4.78, 5) is 13.9. The lowest BCUT2D eigenvalue weighted by Gasteiger charge is -2.15. The summed E-state index contributed by atoms with van der Waals surface area (Å²) in [6.45, 7) is 3.40. The molecule has 0 saturated heterocycles. The van der Waals surface area contributed by atoms with Crippen molar-refractivity contribution in [1.29, 1.82) is 0 Å². The molecule has 1 heterocycles. The lowest BCUT2D eigenvalue weighted by molar-refractivity contribution is 0.0786. The van der Waals surface area contributed by atoms with E-state index in [2.05, 4.69) is 22.4 Å². The molecule has 0 aliphatic rings. The zero-order valence-electron chi connectivity index (χ0n) is 14.5. The standard InChI is InChI=1S/C18H24N4O2/c1-4-5-12-22(2)18(23)15-10-11-17(21-20-15)19-13-14-8-6-7-9-16(14)24-3/h6-11H,4-5,12-13H2,1-3H3,(H,19,21).